The molecule has 1 spiro atoms. The van der Waals surface area contributed by atoms with E-state index in [1.807, 2.05) is 0 Å². The van der Waals surface area contributed by atoms with Gasteiger partial charge in [0.05, 0.1) is 12.4 Å². The van der Waals surface area contributed by atoms with Crippen LogP contribution in [0.3, 0.4) is 0 Å². The van der Waals surface area contributed by atoms with E-state index >= 15 is 0 Å². The van der Waals surface area contributed by atoms with Crippen molar-refractivity contribution in [2.45, 2.75) is 45.4 Å². The quantitative estimate of drug-likeness (QED) is 0.746. The lowest BCUT2D eigenvalue weighted by Gasteiger charge is -2.58. The molecule has 1 aromatic heterocycles. The third kappa shape index (κ3) is 3.66. The molecule has 2 fully saturated rings. The highest BCUT2D eigenvalue weighted by atomic mass is 19.4. The Balaban J connectivity index is 1.51. The van der Waals surface area contributed by atoms with E-state index in [9.17, 15) is 22.8 Å². The third-order valence-electron chi connectivity index (χ3n) is 4.63. The molecule has 2 aliphatic rings. The number of Topliss-reactive ketones (excluding diaryl/α,β-unsaturated/α-hetero) is 1. The molecule has 3 rings (SSSR count). The summed E-state index contributed by atoms with van der Waals surface area (Å²) in [5.41, 5.74) is -1.82. The minimum Gasteiger partial charge on any atom is -0.444 e. The van der Waals surface area contributed by atoms with Crippen LogP contribution in [0, 0.1) is 11.3 Å². The van der Waals surface area contributed by atoms with Crippen LogP contribution in [0.15, 0.2) is 12.4 Å². The van der Waals surface area contributed by atoms with Gasteiger partial charge in [-0.25, -0.2) is 14.8 Å². The van der Waals surface area contributed by atoms with Crippen LogP contribution in [0.5, 0.6) is 0 Å². The topological polar surface area (TPSA) is 72.4 Å². The highest BCUT2D eigenvalue weighted by molar-refractivity contribution is 5.96. The minimum atomic E-state index is -4.58. The molecule has 1 aromatic rings. The second kappa shape index (κ2) is 5.92. The number of hydrogen-bond acceptors (Lipinski definition) is 5. The van der Waals surface area contributed by atoms with E-state index in [4.69, 9.17) is 4.74 Å². The molecule has 6 nitrogen and oxygen atoms in total. The summed E-state index contributed by atoms with van der Waals surface area (Å²) in [5, 5.41) is 0. The van der Waals surface area contributed by atoms with Gasteiger partial charge in [0, 0.05) is 24.4 Å². The summed E-state index contributed by atoms with van der Waals surface area (Å²) < 4.78 is 42.8. The average molecular weight is 371 g/mol. The summed E-state index contributed by atoms with van der Waals surface area (Å²) in [6.07, 6.45) is -2.31. The number of nitrogens with zero attached hydrogens (tertiary/aromatic N) is 3. The fraction of sp³-hybridized carbons (Fsp3) is 0.647. The summed E-state index contributed by atoms with van der Waals surface area (Å²) in [6, 6.07) is 0. The van der Waals surface area contributed by atoms with Crippen molar-refractivity contribution in [1.82, 2.24) is 14.9 Å². The van der Waals surface area contributed by atoms with Crippen molar-refractivity contribution in [3.05, 3.63) is 23.8 Å². The normalized spacial score (nSPS) is 19.7. The van der Waals surface area contributed by atoms with Gasteiger partial charge in [-0.05, 0) is 33.6 Å². The number of carbonyl (C=O) groups is 2. The van der Waals surface area contributed by atoms with E-state index in [0.29, 0.717) is 32.1 Å². The minimum absolute atomic E-state index is 0.0545. The van der Waals surface area contributed by atoms with Crippen molar-refractivity contribution in [2.24, 2.45) is 11.3 Å². The van der Waals surface area contributed by atoms with Crippen molar-refractivity contribution >= 4 is 11.9 Å². The zero-order valence-electron chi connectivity index (χ0n) is 14.8. The van der Waals surface area contributed by atoms with E-state index in [0.717, 1.165) is 6.20 Å². The van der Waals surface area contributed by atoms with Gasteiger partial charge in [-0.2, -0.15) is 13.2 Å². The molecule has 1 saturated carbocycles. The van der Waals surface area contributed by atoms with E-state index in [1.54, 1.807) is 25.7 Å². The molecule has 0 unspecified atom stereocenters. The molecule has 1 saturated heterocycles. The van der Waals surface area contributed by atoms with Gasteiger partial charge < -0.3 is 9.64 Å². The van der Waals surface area contributed by atoms with E-state index in [2.05, 4.69) is 9.97 Å². The molecule has 26 heavy (non-hydrogen) atoms. The van der Waals surface area contributed by atoms with Crippen LogP contribution in [0.4, 0.5) is 18.0 Å². The lowest BCUT2D eigenvalue weighted by Crippen LogP contribution is -2.65. The molecule has 0 N–H and O–H groups in total. The number of hydrogen-bond donors (Lipinski definition) is 0. The van der Waals surface area contributed by atoms with Crippen LogP contribution < -0.4 is 0 Å². The number of amides is 1. The molecular formula is C17H20F3N3O3. The van der Waals surface area contributed by atoms with Crippen molar-refractivity contribution in [3.63, 3.8) is 0 Å². The van der Waals surface area contributed by atoms with Crippen molar-refractivity contribution in [3.8, 4) is 0 Å². The smallest absolute Gasteiger partial charge is 0.434 e. The SMILES string of the molecule is CC(C)(C)OC(=O)N1CC2(CC(C(=O)c3cnc(C(F)(F)F)cn3)C2)C1. The fourth-order valence-electron chi connectivity index (χ4n) is 3.46. The van der Waals surface area contributed by atoms with Crippen LogP contribution in [0.1, 0.15) is 49.8 Å². The van der Waals surface area contributed by atoms with Gasteiger partial charge in [-0.1, -0.05) is 0 Å². The van der Waals surface area contributed by atoms with Gasteiger partial charge in [-0.15, -0.1) is 0 Å². The lowest BCUT2D eigenvalue weighted by molar-refractivity contribution is -0.141. The number of alkyl halides is 3. The summed E-state index contributed by atoms with van der Waals surface area (Å²) in [5.74, 6) is -0.589. The maximum atomic E-state index is 12.5. The Morgan fingerprint density at radius 2 is 1.77 bits per heavy atom. The van der Waals surface area contributed by atoms with Crippen molar-refractivity contribution in [1.29, 1.82) is 0 Å². The molecule has 1 aliphatic heterocycles. The van der Waals surface area contributed by atoms with Crippen LogP contribution in [0.2, 0.25) is 0 Å². The zero-order valence-corrected chi connectivity index (χ0v) is 14.8. The first-order valence-electron chi connectivity index (χ1n) is 8.30. The third-order valence-corrected chi connectivity index (χ3v) is 4.63. The molecule has 2 heterocycles. The molecular weight excluding hydrogens is 351 g/mol. The number of ether oxygens (including phenoxy) is 1. The summed E-state index contributed by atoms with van der Waals surface area (Å²) >= 11 is 0. The Hall–Kier alpha value is -2.19. The van der Waals surface area contributed by atoms with Gasteiger partial charge in [0.25, 0.3) is 0 Å². The van der Waals surface area contributed by atoms with Gasteiger partial charge in [-0.3, -0.25) is 4.79 Å². The molecule has 0 radical (unpaired) electrons. The Morgan fingerprint density at radius 1 is 1.15 bits per heavy atom. The van der Waals surface area contributed by atoms with E-state index in [-0.39, 0.29) is 28.9 Å². The zero-order chi connectivity index (χ0) is 19.3. The second-order valence-corrected chi connectivity index (χ2v) is 8.09. The number of carbonyl (C=O) groups excluding carboxylic acids is 2. The lowest BCUT2D eigenvalue weighted by atomic mass is 9.56. The number of rotatable bonds is 2. The van der Waals surface area contributed by atoms with Gasteiger partial charge in [0.1, 0.15) is 11.3 Å². The van der Waals surface area contributed by atoms with Crippen LogP contribution in [-0.2, 0) is 10.9 Å². The van der Waals surface area contributed by atoms with Gasteiger partial charge in [0.2, 0.25) is 0 Å². The maximum Gasteiger partial charge on any atom is 0.434 e. The standard InChI is InChI=1S/C17H20F3N3O3/c1-15(2,3)26-14(25)23-8-16(9-23)4-10(5-16)13(24)11-6-22-12(7-21-11)17(18,19)20/h6-7,10H,4-5,8-9H2,1-3H3. The Kier molecular flexibility index (Phi) is 4.23. The molecule has 1 aliphatic carbocycles. The predicted octanol–water partition coefficient (Wildman–Crippen LogP) is 3.33. The van der Waals surface area contributed by atoms with Gasteiger partial charge in [0.15, 0.2) is 11.5 Å². The Labute approximate surface area is 148 Å². The largest absolute Gasteiger partial charge is 0.444 e. The first kappa shape index (κ1) is 18.6. The summed E-state index contributed by atoms with van der Waals surface area (Å²) in [7, 11) is 0. The van der Waals surface area contributed by atoms with Crippen LogP contribution in [-0.4, -0.2) is 45.4 Å². The van der Waals surface area contributed by atoms with Gasteiger partial charge >= 0.3 is 12.3 Å². The number of aromatic nitrogens is 2. The number of likely N-dealkylation sites (tertiary alicyclic amines) is 1. The predicted molar refractivity (Wildman–Crippen MR) is 84.3 cm³/mol. The maximum absolute atomic E-state index is 12.5. The van der Waals surface area contributed by atoms with Crippen molar-refractivity contribution in [2.75, 3.05) is 13.1 Å². The molecule has 0 aromatic carbocycles. The van der Waals surface area contributed by atoms with Crippen LogP contribution in [0.25, 0.3) is 0 Å². The summed E-state index contributed by atoms with van der Waals surface area (Å²) in [4.78, 5) is 32.8. The second-order valence-electron chi connectivity index (χ2n) is 8.09. The van der Waals surface area contributed by atoms with E-state index in [1.165, 1.54) is 0 Å². The molecule has 1 amide bonds. The fourth-order valence-corrected chi connectivity index (χ4v) is 3.46. The highest BCUT2D eigenvalue weighted by Crippen LogP contribution is 2.52. The molecule has 0 atom stereocenters. The van der Waals surface area contributed by atoms with Crippen LogP contribution >= 0.6 is 0 Å². The molecule has 0 bridgehead atoms. The van der Waals surface area contributed by atoms with E-state index < -0.39 is 17.5 Å². The Bertz CT molecular complexity index is 711. The highest BCUT2D eigenvalue weighted by Gasteiger charge is 2.56. The summed E-state index contributed by atoms with van der Waals surface area (Å²) in [6.45, 7) is 6.45. The number of halogens is 3. The Morgan fingerprint density at radius 3 is 2.23 bits per heavy atom. The monoisotopic (exact) mass is 371 g/mol. The average Bonchev–Trinajstić information content (AvgIpc) is 2.41. The number of ketones is 1. The first-order valence-corrected chi connectivity index (χ1v) is 8.30. The molecule has 142 valence electrons. The molecule has 9 heteroatoms. The first-order chi connectivity index (χ1) is 11.9. The van der Waals surface area contributed by atoms with Crippen molar-refractivity contribution < 1.29 is 27.5 Å².